The number of ether oxygens (including phenoxy) is 2. The summed E-state index contributed by atoms with van der Waals surface area (Å²) < 4.78 is 25.2. The van der Waals surface area contributed by atoms with Crippen molar-refractivity contribution in [2.24, 2.45) is 0 Å². The molecule has 0 heterocycles. The van der Waals surface area contributed by atoms with Crippen LogP contribution in [0, 0.1) is 5.82 Å². The van der Waals surface area contributed by atoms with Gasteiger partial charge in [0.05, 0.1) is 6.61 Å². The molecular formula is C28H25FO4. The van der Waals surface area contributed by atoms with E-state index in [1.807, 2.05) is 30.3 Å². The number of esters is 2. The quantitative estimate of drug-likeness (QED) is 0.232. The molecule has 0 aromatic heterocycles. The van der Waals surface area contributed by atoms with E-state index in [4.69, 9.17) is 9.47 Å². The van der Waals surface area contributed by atoms with Crippen LogP contribution in [0.2, 0.25) is 0 Å². The standard InChI is InChI=1S/C28H25FO4/c1-18(2)27(30)32-16-15-20-5-7-22(8-6-20)25-14-11-23(17-26(25)29)21-9-12-24(13-10-21)33-28(31)19(3)4/h5-14,17H,1,3,15-16H2,2,4H3. The van der Waals surface area contributed by atoms with Gasteiger partial charge in [0.2, 0.25) is 0 Å². The third-order valence-electron chi connectivity index (χ3n) is 4.95. The van der Waals surface area contributed by atoms with Crippen LogP contribution in [0.25, 0.3) is 22.3 Å². The molecule has 0 fully saturated rings. The van der Waals surface area contributed by atoms with Crippen molar-refractivity contribution in [3.63, 3.8) is 0 Å². The number of halogens is 1. The van der Waals surface area contributed by atoms with Gasteiger partial charge in [-0.2, -0.15) is 0 Å². The number of hydrogen-bond acceptors (Lipinski definition) is 4. The average molecular weight is 445 g/mol. The minimum absolute atomic E-state index is 0.263. The molecule has 0 atom stereocenters. The summed E-state index contributed by atoms with van der Waals surface area (Å²) in [5.74, 6) is -0.833. The van der Waals surface area contributed by atoms with Crippen molar-refractivity contribution in [2.75, 3.05) is 6.61 Å². The van der Waals surface area contributed by atoms with Gasteiger partial charge in [0.25, 0.3) is 0 Å². The number of hydrogen-bond donors (Lipinski definition) is 0. The first-order valence-electron chi connectivity index (χ1n) is 10.4. The smallest absolute Gasteiger partial charge is 0.338 e. The van der Waals surface area contributed by atoms with E-state index in [2.05, 4.69) is 13.2 Å². The Bertz CT molecular complexity index is 1190. The average Bonchev–Trinajstić information content (AvgIpc) is 2.80. The Kier molecular flexibility index (Phi) is 7.57. The van der Waals surface area contributed by atoms with Crippen molar-refractivity contribution < 1.29 is 23.5 Å². The van der Waals surface area contributed by atoms with Crippen LogP contribution in [0.15, 0.2) is 91.0 Å². The van der Waals surface area contributed by atoms with Crippen molar-refractivity contribution in [3.05, 3.63) is 102 Å². The van der Waals surface area contributed by atoms with Gasteiger partial charge in [0, 0.05) is 23.1 Å². The second-order valence-electron chi connectivity index (χ2n) is 7.75. The van der Waals surface area contributed by atoms with Crippen LogP contribution < -0.4 is 4.74 Å². The van der Waals surface area contributed by atoms with E-state index in [-0.39, 0.29) is 12.4 Å². The summed E-state index contributed by atoms with van der Waals surface area (Å²) in [4.78, 5) is 23.1. The summed E-state index contributed by atoms with van der Waals surface area (Å²) in [6.45, 7) is 10.5. The highest BCUT2D eigenvalue weighted by Crippen LogP contribution is 2.29. The summed E-state index contributed by atoms with van der Waals surface area (Å²) in [6, 6.07) is 19.4. The highest BCUT2D eigenvalue weighted by molar-refractivity contribution is 5.89. The number of carbonyl (C=O) groups excluding carboxylic acids is 2. The number of carbonyl (C=O) groups is 2. The topological polar surface area (TPSA) is 52.6 Å². The SMILES string of the molecule is C=C(C)C(=O)OCCc1ccc(-c2ccc(-c3ccc(OC(=O)C(=C)C)cc3)cc2F)cc1. The Hall–Kier alpha value is -3.99. The molecule has 168 valence electrons. The van der Waals surface area contributed by atoms with E-state index in [0.717, 1.165) is 16.7 Å². The molecular weight excluding hydrogens is 419 g/mol. The van der Waals surface area contributed by atoms with Gasteiger partial charge in [0.1, 0.15) is 11.6 Å². The van der Waals surface area contributed by atoms with Gasteiger partial charge in [-0.1, -0.05) is 61.7 Å². The molecule has 0 aliphatic rings. The first-order chi connectivity index (χ1) is 15.7. The molecule has 0 spiro atoms. The second kappa shape index (κ2) is 10.6. The maximum atomic E-state index is 14.9. The van der Waals surface area contributed by atoms with Gasteiger partial charge in [-0.3, -0.25) is 0 Å². The fourth-order valence-electron chi connectivity index (χ4n) is 3.07. The molecule has 0 unspecified atom stereocenters. The van der Waals surface area contributed by atoms with Crippen LogP contribution in [0.4, 0.5) is 4.39 Å². The third-order valence-corrected chi connectivity index (χ3v) is 4.95. The second-order valence-corrected chi connectivity index (χ2v) is 7.75. The van der Waals surface area contributed by atoms with E-state index in [0.29, 0.717) is 34.4 Å². The van der Waals surface area contributed by atoms with Gasteiger partial charge in [-0.05, 0) is 54.3 Å². The van der Waals surface area contributed by atoms with E-state index < -0.39 is 11.9 Å². The van der Waals surface area contributed by atoms with E-state index in [1.165, 1.54) is 6.07 Å². The lowest BCUT2D eigenvalue weighted by atomic mass is 9.98. The molecule has 0 saturated carbocycles. The van der Waals surface area contributed by atoms with Crippen molar-refractivity contribution in [1.82, 2.24) is 0 Å². The summed E-state index contributed by atoms with van der Waals surface area (Å²) in [5, 5.41) is 0. The number of benzene rings is 3. The zero-order valence-electron chi connectivity index (χ0n) is 18.7. The molecule has 0 N–H and O–H groups in total. The van der Waals surface area contributed by atoms with Gasteiger partial charge in [-0.25, -0.2) is 14.0 Å². The van der Waals surface area contributed by atoms with E-state index in [9.17, 15) is 14.0 Å². The lowest BCUT2D eigenvalue weighted by molar-refractivity contribution is -0.138. The first-order valence-corrected chi connectivity index (χ1v) is 10.4. The molecule has 3 aromatic carbocycles. The van der Waals surface area contributed by atoms with E-state index >= 15 is 0 Å². The monoisotopic (exact) mass is 444 g/mol. The lowest BCUT2D eigenvalue weighted by Crippen LogP contribution is -2.07. The van der Waals surface area contributed by atoms with Crippen LogP contribution in [0.3, 0.4) is 0 Å². The molecule has 4 nitrogen and oxygen atoms in total. The predicted octanol–water partition coefficient (Wildman–Crippen LogP) is 6.30. The fraction of sp³-hybridized carbons (Fsp3) is 0.143. The molecule has 33 heavy (non-hydrogen) atoms. The molecule has 0 radical (unpaired) electrons. The largest absolute Gasteiger partial charge is 0.462 e. The summed E-state index contributed by atoms with van der Waals surface area (Å²) in [7, 11) is 0. The van der Waals surface area contributed by atoms with Gasteiger partial charge < -0.3 is 9.47 Å². The molecule has 0 aliphatic carbocycles. The zero-order chi connectivity index (χ0) is 24.0. The summed E-state index contributed by atoms with van der Waals surface area (Å²) in [5.41, 5.74) is 4.43. The third kappa shape index (κ3) is 6.26. The van der Waals surface area contributed by atoms with Crippen molar-refractivity contribution in [3.8, 4) is 28.0 Å². The maximum absolute atomic E-state index is 14.9. The van der Waals surface area contributed by atoms with Crippen molar-refractivity contribution in [1.29, 1.82) is 0 Å². The molecule has 0 saturated heterocycles. The Morgan fingerprint density at radius 3 is 1.94 bits per heavy atom. The van der Waals surface area contributed by atoms with Crippen LogP contribution in [-0.4, -0.2) is 18.5 Å². The maximum Gasteiger partial charge on any atom is 0.338 e. The summed E-state index contributed by atoms with van der Waals surface area (Å²) in [6.07, 6.45) is 0.568. The zero-order valence-corrected chi connectivity index (χ0v) is 18.7. The highest BCUT2D eigenvalue weighted by Gasteiger charge is 2.10. The van der Waals surface area contributed by atoms with Gasteiger partial charge >= 0.3 is 11.9 Å². The Balaban J connectivity index is 1.68. The highest BCUT2D eigenvalue weighted by atomic mass is 19.1. The Labute approximate surface area is 193 Å². The fourth-order valence-corrected chi connectivity index (χ4v) is 3.07. The molecule has 5 heteroatoms. The first kappa shape index (κ1) is 23.7. The predicted molar refractivity (Wildman–Crippen MR) is 127 cm³/mol. The molecule has 3 aromatic rings. The summed E-state index contributed by atoms with van der Waals surface area (Å²) >= 11 is 0. The van der Waals surface area contributed by atoms with Crippen molar-refractivity contribution >= 4 is 11.9 Å². The van der Waals surface area contributed by atoms with Crippen LogP contribution in [-0.2, 0) is 20.7 Å². The Morgan fingerprint density at radius 2 is 1.36 bits per heavy atom. The van der Waals surface area contributed by atoms with E-state index in [1.54, 1.807) is 44.2 Å². The van der Waals surface area contributed by atoms with Crippen molar-refractivity contribution in [2.45, 2.75) is 20.3 Å². The van der Waals surface area contributed by atoms with Gasteiger partial charge in [0.15, 0.2) is 0 Å². The van der Waals surface area contributed by atoms with Crippen LogP contribution in [0.1, 0.15) is 19.4 Å². The minimum atomic E-state index is -0.489. The van der Waals surface area contributed by atoms with Crippen LogP contribution in [0.5, 0.6) is 5.75 Å². The van der Waals surface area contributed by atoms with Gasteiger partial charge in [-0.15, -0.1) is 0 Å². The Morgan fingerprint density at radius 1 is 0.788 bits per heavy atom. The molecule has 0 amide bonds. The normalized spacial score (nSPS) is 10.4. The minimum Gasteiger partial charge on any atom is -0.462 e. The molecule has 3 rings (SSSR count). The number of rotatable bonds is 8. The molecule has 0 bridgehead atoms. The molecule has 0 aliphatic heterocycles. The van der Waals surface area contributed by atoms with Crippen LogP contribution >= 0.6 is 0 Å². The lowest BCUT2D eigenvalue weighted by Gasteiger charge is -2.09.